The van der Waals surface area contributed by atoms with Gasteiger partial charge in [-0.1, -0.05) is 17.7 Å². The summed E-state index contributed by atoms with van der Waals surface area (Å²) in [7, 11) is 0. The van der Waals surface area contributed by atoms with Crippen LogP contribution in [0.2, 0.25) is 5.02 Å². The van der Waals surface area contributed by atoms with Crippen molar-refractivity contribution in [3.8, 4) is 0 Å². The molecule has 2 N–H and O–H groups in total. The normalized spacial score (nSPS) is 13.8. The molecular formula is C16H16ClN3O. The molecule has 1 saturated carbocycles. The van der Waals surface area contributed by atoms with Gasteiger partial charge in [0.25, 0.3) is 5.91 Å². The molecular weight excluding hydrogens is 286 g/mol. The van der Waals surface area contributed by atoms with Gasteiger partial charge in [-0.05, 0) is 49.6 Å². The van der Waals surface area contributed by atoms with Crippen molar-refractivity contribution in [3.05, 3.63) is 52.8 Å². The van der Waals surface area contributed by atoms with Crippen molar-refractivity contribution < 1.29 is 4.79 Å². The zero-order valence-corrected chi connectivity index (χ0v) is 12.4. The van der Waals surface area contributed by atoms with Gasteiger partial charge in [0, 0.05) is 28.6 Å². The van der Waals surface area contributed by atoms with Crippen molar-refractivity contribution in [2.24, 2.45) is 0 Å². The fraction of sp³-hybridized carbons (Fsp3) is 0.250. The van der Waals surface area contributed by atoms with E-state index in [1.54, 1.807) is 12.3 Å². The van der Waals surface area contributed by atoms with E-state index in [9.17, 15) is 4.79 Å². The predicted octanol–water partition coefficient (Wildman–Crippen LogP) is 3.68. The Bertz CT molecular complexity index is 683. The zero-order chi connectivity index (χ0) is 14.8. The highest BCUT2D eigenvalue weighted by Gasteiger charge is 2.24. The smallest absolute Gasteiger partial charge is 0.270 e. The molecule has 0 bridgehead atoms. The Labute approximate surface area is 128 Å². The van der Waals surface area contributed by atoms with Gasteiger partial charge in [-0.3, -0.25) is 9.78 Å². The van der Waals surface area contributed by atoms with Gasteiger partial charge in [0.1, 0.15) is 5.69 Å². The Morgan fingerprint density at radius 1 is 1.24 bits per heavy atom. The lowest BCUT2D eigenvalue weighted by Gasteiger charge is -2.09. The largest absolute Gasteiger partial charge is 0.355 e. The van der Waals surface area contributed by atoms with Crippen LogP contribution >= 0.6 is 11.6 Å². The SMILES string of the molecule is Cc1ccc(Nc2ccnc(C(=O)NC3CC3)c2)cc1Cl. The lowest BCUT2D eigenvalue weighted by Crippen LogP contribution is -2.26. The standard InChI is InChI=1S/C16H16ClN3O/c1-10-2-3-12(8-14(10)17)19-13-6-7-18-15(9-13)16(21)20-11-4-5-11/h2-3,6-9,11H,4-5H2,1H3,(H,18,19)(H,20,21). The van der Waals surface area contributed by atoms with Crippen molar-refractivity contribution in [3.63, 3.8) is 0 Å². The maximum atomic E-state index is 12.0. The number of carbonyl (C=O) groups is 1. The van der Waals surface area contributed by atoms with E-state index >= 15 is 0 Å². The van der Waals surface area contributed by atoms with Crippen LogP contribution < -0.4 is 10.6 Å². The molecule has 108 valence electrons. The molecule has 1 amide bonds. The second-order valence-electron chi connectivity index (χ2n) is 5.27. The number of carbonyl (C=O) groups excluding carboxylic acids is 1. The van der Waals surface area contributed by atoms with E-state index in [4.69, 9.17) is 11.6 Å². The van der Waals surface area contributed by atoms with Gasteiger partial charge in [0.15, 0.2) is 0 Å². The first-order chi connectivity index (χ1) is 10.1. The highest BCUT2D eigenvalue weighted by atomic mass is 35.5. The summed E-state index contributed by atoms with van der Waals surface area (Å²) in [4.78, 5) is 16.1. The minimum absolute atomic E-state index is 0.122. The van der Waals surface area contributed by atoms with Crippen molar-refractivity contribution >= 4 is 28.9 Å². The quantitative estimate of drug-likeness (QED) is 0.906. The summed E-state index contributed by atoms with van der Waals surface area (Å²) in [6.07, 6.45) is 3.75. The van der Waals surface area contributed by atoms with Gasteiger partial charge in [0.2, 0.25) is 0 Å². The summed E-state index contributed by atoms with van der Waals surface area (Å²) in [5.41, 5.74) is 3.14. The first-order valence-corrected chi connectivity index (χ1v) is 7.30. The van der Waals surface area contributed by atoms with Gasteiger partial charge >= 0.3 is 0 Å². The Morgan fingerprint density at radius 3 is 2.71 bits per heavy atom. The summed E-state index contributed by atoms with van der Waals surface area (Å²) >= 11 is 6.11. The van der Waals surface area contributed by atoms with Crippen LogP contribution in [0.3, 0.4) is 0 Å². The van der Waals surface area contributed by atoms with Crippen LogP contribution in [0.25, 0.3) is 0 Å². The number of rotatable bonds is 4. The maximum absolute atomic E-state index is 12.0. The highest BCUT2D eigenvalue weighted by Crippen LogP contribution is 2.23. The summed E-state index contributed by atoms with van der Waals surface area (Å²) in [6, 6.07) is 9.65. The van der Waals surface area contributed by atoms with Crippen molar-refractivity contribution in [2.45, 2.75) is 25.8 Å². The molecule has 0 aliphatic heterocycles. The van der Waals surface area contributed by atoms with E-state index < -0.39 is 0 Å². The van der Waals surface area contributed by atoms with Crippen molar-refractivity contribution in [1.29, 1.82) is 0 Å². The number of nitrogens with zero attached hydrogens (tertiary/aromatic N) is 1. The molecule has 21 heavy (non-hydrogen) atoms. The topological polar surface area (TPSA) is 54.0 Å². The van der Waals surface area contributed by atoms with E-state index in [0.29, 0.717) is 16.8 Å². The molecule has 0 spiro atoms. The third kappa shape index (κ3) is 3.52. The molecule has 2 aromatic rings. The minimum atomic E-state index is -0.122. The summed E-state index contributed by atoms with van der Waals surface area (Å²) < 4.78 is 0. The molecule has 1 aromatic heterocycles. The fourth-order valence-electron chi connectivity index (χ4n) is 1.96. The number of aromatic nitrogens is 1. The number of benzene rings is 1. The Balaban J connectivity index is 1.75. The molecule has 0 atom stereocenters. The first-order valence-electron chi connectivity index (χ1n) is 6.92. The van der Waals surface area contributed by atoms with Crippen LogP contribution in [-0.2, 0) is 0 Å². The Morgan fingerprint density at radius 2 is 2.00 bits per heavy atom. The number of nitrogens with one attached hydrogen (secondary N) is 2. The van der Waals surface area contributed by atoms with Gasteiger partial charge in [-0.25, -0.2) is 0 Å². The van der Waals surface area contributed by atoms with Crippen molar-refractivity contribution in [1.82, 2.24) is 10.3 Å². The number of amides is 1. The van der Waals surface area contributed by atoms with Crippen LogP contribution in [-0.4, -0.2) is 16.9 Å². The number of hydrogen-bond acceptors (Lipinski definition) is 3. The predicted molar refractivity (Wildman–Crippen MR) is 84.2 cm³/mol. The number of hydrogen-bond donors (Lipinski definition) is 2. The van der Waals surface area contributed by atoms with Crippen LogP contribution in [0.4, 0.5) is 11.4 Å². The van der Waals surface area contributed by atoms with E-state index in [1.165, 1.54) is 0 Å². The maximum Gasteiger partial charge on any atom is 0.270 e. The highest BCUT2D eigenvalue weighted by molar-refractivity contribution is 6.31. The second-order valence-corrected chi connectivity index (χ2v) is 5.67. The molecule has 0 radical (unpaired) electrons. The number of halogens is 1. The van der Waals surface area contributed by atoms with Gasteiger partial charge in [-0.2, -0.15) is 0 Å². The number of anilines is 2. The molecule has 0 saturated heterocycles. The molecule has 1 aliphatic rings. The van der Waals surface area contributed by atoms with Crippen molar-refractivity contribution in [2.75, 3.05) is 5.32 Å². The number of pyridine rings is 1. The number of aryl methyl sites for hydroxylation is 1. The fourth-order valence-corrected chi connectivity index (χ4v) is 2.14. The van der Waals surface area contributed by atoms with Crippen LogP contribution in [0.15, 0.2) is 36.5 Å². The zero-order valence-electron chi connectivity index (χ0n) is 11.7. The summed E-state index contributed by atoms with van der Waals surface area (Å²) in [5, 5.41) is 6.87. The first kappa shape index (κ1) is 13.9. The molecule has 1 aromatic carbocycles. The van der Waals surface area contributed by atoms with Crippen LogP contribution in [0.5, 0.6) is 0 Å². The van der Waals surface area contributed by atoms with Gasteiger partial charge in [-0.15, -0.1) is 0 Å². The van der Waals surface area contributed by atoms with Gasteiger partial charge < -0.3 is 10.6 Å². The Hall–Kier alpha value is -2.07. The molecule has 1 fully saturated rings. The average molecular weight is 302 g/mol. The lowest BCUT2D eigenvalue weighted by molar-refractivity contribution is 0.0946. The Kier molecular flexibility index (Phi) is 3.80. The lowest BCUT2D eigenvalue weighted by atomic mass is 10.2. The average Bonchev–Trinajstić information content (AvgIpc) is 3.27. The minimum Gasteiger partial charge on any atom is -0.355 e. The van der Waals surface area contributed by atoms with Crippen LogP contribution in [0.1, 0.15) is 28.9 Å². The molecule has 3 rings (SSSR count). The molecule has 1 heterocycles. The summed E-state index contributed by atoms with van der Waals surface area (Å²) in [5.74, 6) is -0.122. The van der Waals surface area contributed by atoms with E-state index in [-0.39, 0.29) is 5.91 Å². The third-order valence-corrected chi connectivity index (χ3v) is 3.77. The molecule has 1 aliphatic carbocycles. The van der Waals surface area contributed by atoms with E-state index in [2.05, 4.69) is 15.6 Å². The third-order valence-electron chi connectivity index (χ3n) is 3.37. The van der Waals surface area contributed by atoms with Gasteiger partial charge in [0.05, 0.1) is 0 Å². The second kappa shape index (κ2) is 5.74. The summed E-state index contributed by atoms with van der Waals surface area (Å²) in [6.45, 7) is 1.96. The van der Waals surface area contributed by atoms with E-state index in [1.807, 2.05) is 31.2 Å². The molecule has 4 nitrogen and oxygen atoms in total. The van der Waals surface area contributed by atoms with Crippen LogP contribution in [0, 0.1) is 6.92 Å². The molecule has 5 heteroatoms. The van der Waals surface area contributed by atoms with E-state index in [0.717, 1.165) is 29.8 Å². The molecule has 0 unspecified atom stereocenters. The monoisotopic (exact) mass is 301 g/mol.